The lowest BCUT2D eigenvalue weighted by molar-refractivity contribution is -0.156. The average molecular weight is 353 g/mol. The van der Waals surface area contributed by atoms with E-state index in [1.807, 2.05) is 0 Å². The number of likely N-dealkylation sites (tertiary alicyclic amines) is 1. The van der Waals surface area contributed by atoms with Crippen LogP contribution in [0, 0.1) is 11.8 Å². The number of carbonyl (C=O) groups excluding carboxylic acids is 3. The van der Waals surface area contributed by atoms with Crippen molar-refractivity contribution in [1.82, 2.24) is 10.2 Å². The molecule has 0 radical (unpaired) electrons. The lowest BCUT2D eigenvalue weighted by Gasteiger charge is -2.29. The smallest absolute Gasteiger partial charge is 0.329 e. The molecule has 0 bridgehead atoms. The minimum absolute atomic E-state index is 0.392. The number of aliphatic hydroxyl groups is 1. The van der Waals surface area contributed by atoms with Crippen molar-refractivity contribution in [3.8, 4) is 0 Å². The maximum atomic E-state index is 12.6. The topological polar surface area (TPSA) is 95.9 Å². The first kappa shape index (κ1) is 16.9. The van der Waals surface area contributed by atoms with Gasteiger partial charge in [0.05, 0.1) is 25.6 Å². The molecule has 2 N–H and O–H groups in total. The minimum atomic E-state index is -1.65. The van der Waals surface area contributed by atoms with Gasteiger partial charge in [-0.2, -0.15) is 0 Å². The third-order valence-corrected chi connectivity index (χ3v) is 5.15. The van der Waals surface area contributed by atoms with E-state index in [1.165, 1.54) is 14.2 Å². The summed E-state index contributed by atoms with van der Waals surface area (Å²) in [5.41, 5.74) is -0.952. The Hall–Kier alpha value is -1.96. The van der Waals surface area contributed by atoms with E-state index in [2.05, 4.69) is 5.32 Å². The van der Waals surface area contributed by atoms with Crippen LogP contribution >= 0.6 is 11.6 Å². The number of rotatable bonds is 3. The Balaban J connectivity index is 2.12. The maximum absolute atomic E-state index is 12.6. The van der Waals surface area contributed by atoms with Crippen molar-refractivity contribution < 1.29 is 24.2 Å². The summed E-state index contributed by atoms with van der Waals surface area (Å²) in [5, 5.41) is 13.4. The van der Waals surface area contributed by atoms with Gasteiger partial charge in [0.15, 0.2) is 5.54 Å². The van der Waals surface area contributed by atoms with Crippen molar-refractivity contribution in [2.45, 2.75) is 11.6 Å². The monoisotopic (exact) mass is 352 g/mol. The number of halogens is 1. The fourth-order valence-electron chi connectivity index (χ4n) is 3.68. The van der Waals surface area contributed by atoms with Crippen molar-refractivity contribution in [3.05, 3.63) is 34.9 Å². The Bertz CT molecular complexity index is 707. The molecule has 2 fully saturated rings. The Morgan fingerprint density at radius 3 is 2.50 bits per heavy atom. The number of ether oxygens (including phenoxy) is 1. The van der Waals surface area contributed by atoms with E-state index in [4.69, 9.17) is 16.3 Å². The molecule has 2 aliphatic heterocycles. The molecular formula is C16H17ClN2O5. The summed E-state index contributed by atoms with van der Waals surface area (Å²) in [7, 11) is 2.55. The second kappa shape index (κ2) is 5.84. The van der Waals surface area contributed by atoms with Crippen LogP contribution in [0.4, 0.5) is 0 Å². The third kappa shape index (κ3) is 2.16. The van der Waals surface area contributed by atoms with E-state index in [0.717, 1.165) is 4.90 Å². The molecule has 3 rings (SSSR count). The van der Waals surface area contributed by atoms with Crippen LogP contribution in [0.1, 0.15) is 11.6 Å². The highest BCUT2D eigenvalue weighted by molar-refractivity contribution is 6.30. The molecule has 2 saturated heterocycles. The summed E-state index contributed by atoms with van der Waals surface area (Å²) in [5.74, 6) is -3.49. The molecule has 4 atom stereocenters. The van der Waals surface area contributed by atoms with E-state index >= 15 is 0 Å². The van der Waals surface area contributed by atoms with Gasteiger partial charge in [-0.05, 0) is 17.7 Å². The molecule has 2 amide bonds. The minimum Gasteiger partial charge on any atom is -0.468 e. The number of carbonyl (C=O) groups is 3. The average Bonchev–Trinajstić information content (AvgIpc) is 3.05. The fraction of sp³-hybridized carbons (Fsp3) is 0.438. The first-order valence-corrected chi connectivity index (χ1v) is 7.79. The summed E-state index contributed by atoms with van der Waals surface area (Å²) in [4.78, 5) is 38.5. The molecule has 2 aliphatic rings. The highest BCUT2D eigenvalue weighted by atomic mass is 35.5. The van der Waals surface area contributed by atoms with Crippen LogP contribution in [-0.2, 0) is 19.1 Å². The normalized spacial score (nSPS) is 32.2. The van der Waals surface area contributed by atoms with Crippen LogP contribution in [0.15, 0.2) is 24.3 Å². The van der Waals surface area contributed by atoms with Crippen molar-refractivity contribution in [1.29, 1.82) is 0 Å². The molecule has 2 heterocycles. The van der Waals surface area contributed by atoms with E-state index in [1.54, 1.807) is 24.3 Å². The molecular weight excluding hydrogens is 336 g/mol. The van der Waals surface area contributed by atoms with Gasteiger partial charge < -0.3 is 9.84 Å². The number of esters is 1. The molecule has 8 heteroatoms. The van der Waals surface area contributed by atoms with E-state index in [-0.39, 0.29) is 0 Å². The number of imide groups is 1. The summed E-state index contributed by atoms with van der Waals surface area (Å²) in [6.07, 6.45) is 0. The zero-order chi connectivity index (χ0) is 17.6. The molecule has 24 heavy (non-hydrogen) atoms. The van der Waals surface area contributed by atoms with Crippen molar-refractivity contribution in [3.63, 3.8) is 0 Å². The molecule has 4 unspecified atom stereocenters. The van der Waals surface area contributed by atoms with Crippen LogP contribution in [-0.4, -0.2) is 54.1 Å². The largest absolute Gasteiger partial charge is 0.468 e. The second-order valence-corrected chi connectivity index (χ2v) is 6.47. The number of nitrogens with zero attached hydrogens (tertiary/aromatic N) is 1. The van der Waals surface area contributed by atoms with Gasteiger partial charge in [0.2, 0.25) is 11.8 Å². The molecule has 1 aromatic carbocycles. The SMILES string of the molecule is COC(=O)C1(CO)NC(c2ccc(Cl)cc2)C2C(=O)N(C)C(=O)C21. The number of methoxy groups -OCH3 is 1. The number of amides is 2. The number of fused-ring (bicyclic) bond motifs is 1. The molecule has 1 aromatic rings. The molecule has 0 aromatic heterocycles. The van der Waals surface area contributed by atoms with Gasteiger partial charge in [0, 0.05) is 18.1 Å². The molecule has 128 valence electrons. The highest BCUT2D eigenvalue weighted by Crippen LogP contribution is 2.48. The summed E-state index contributed by atoms with van der Waals surface area (Å²) in [6, 6.07) is 6.15. The Morgan fingerprint density at radius 1 is 1.33 bits per heavy atom. The molecule has 0 aliphatic carbocycles. The second-order valence-electron chi connectivity index (χ2n) is 6.03. The van der Waals surface area contributed by atoms with Crippen molar-refractivity contribution >= 4 is 29.4 Å². The van der Waals surface area contributed by atoms with Gasteiger partial charge in [0.1, 0.15) is 0 Å². The maximum Gasteiger partial charge on any atom is 0.329 e. The number of hydrogen-bond donors (Lipinski definition) is 2. The van der Waals surface area contributed by atoms with Gasteiger partial charge in [-0.25, -0.2) is 4.79 Å². The Labute approximate surface area is 143 Å². The predicted octanol–water partition coefficient (Wildman–Crippen LogP) is 0.119. The van der Waals surface area contributed by atoms with E-state index in [0.29, 0.717) is 10.6 Å². The van der Waals surface area contributed by atoms with Crippen LogP contribution in [0.25, 0.3) is 0 Å². The molecule has 0 saturated carbocycles. The lowest BCUT2D eigenvalue weighted by atomic mass is 9.79. The first-order valence-electron chi connectivity index (χ1n) is 7.41. The van der Waals surface area contributed by atoms with Gasteiger partial charge in [-0.3, -0.25) is 19.8 Å². The van der Waals surface area contributed by atoms with Gasteiger partial charge in [0.25, 0.3) is 0 Å². The van der Waals surface area contributed by atoms with Crippen molar-refractivity contribution in [2.75, 3.05) is 20.8 Å². The Morgan fingerprint density at radius 2 is 1.96 bits per heavy atom. The molecule has 7 nitrogen and oxygen atoms in total. The quantitative estimate of drug-likeness (QED) is 0.592. The van der Waals surface area contributed by atoms with E-state index in [9.17, 15) is 19.5 Å². The third-order valence-electron chi connectivity index (χ3n) is 4.90. The zero-order valence-electron chi connectivity index (χ0n) is 13.2. The van der Waals surface area contributed by atoms with Gasteiger partial charge >= 0.3 is 5.97 Å². The van der Waals surface area contributed by atoms with Crippen LogP contribution in [0.3, 0.4) is 0 Å². The number of hydrogen-bond acceptors (Lipinski definition) is 6. The predicted molar refractivity (Wildman–Crippen MR) is 83.9 cm³/mol. The number of nitrogens with one attached hydrogen (secondary N) is 1. The Kier molecular flexibility index (Phi) is 4.11. The zero-order valence-corrected chi connectivity index (χ0v) is 13.9. The highest BCUT2D eigenvalue weighted by Gasteiger charge is 2.68. The summed E-state index contributed by atoms with van der Waals surface area (Å²) in [6.45, 7) is -0.655. The standard InChI is InChI=1S/C16H17ClN2O5/c1-19-13(21)10-11(14(19)22)16(7-20,15(23)24-2)18-12(10)8-3-5-9(17)6-4-8/h3-6,10-12,18,20H,7H2,1-2H3. The fourth-order valence-corrected chi connectivity index (χ4v) is 3.81. The van der Waals surface area contributed by atoms with Crippen LogP contribution < -0.4 is 5.32 Å². The lowest BCUT2D eigenvalue weighted by Crippen LogP contribution is -2.58. The summed E-state index contributed by atoms with van der Waals surface area (Å²) >= 11 is 5.90. The van der Waals surface area contributed by atoms with Crippen LogP contribution in [0.2, 0.25) is 5.02 Å². The van der Waals surface area contributed by atoms with E-state index < -0.39 is 47.8 Å². The first-order chi connectivity index (χ1) is 11.4. The number of aliphatic hydroxyl groups excluding tert-OH is 1. The number of benzene rings is 1. The van der Waals surface area contributed by atoms with Gasteiger partial charge in [-0.1, -0.05) is 23.7 Å². The van der Waals surface area contributed by atoms with Crippen LogP contribution in [0.5, 0.6) is 0 Å². The molecule has 0 spiro atoms. The van der Waals surface area contributed by atoms with Gasteiger partial charge in [-0.15, -0.1) is 0 Å². The van der Waals surface area contributed by atoms with Crippen molar-refractivity contribution in [2.24, 2.45) is 11.8 Å². The summed E-state index contributed by atoms with van der Waals surface area (Å²) < 4.78 is 4.79.